The van der Waals surface area contributed by atoms with Gasteiger partial charge in [0.2, 0.25) is 0 Å². The van der Waals surface area contributed by atoms with E-state index in [4.69, 9.17) is 10.8 Å². The third kappa shape index (κ3) is 2.25. The molecule has 0 spiro atoms. The topological polar surface area (TPSA) is 72.0 Å². The predicted octanol–water partition coefficient (Wildman–Crippen LogP) is 1.68. The Morgan fingerprint density at radius 3 is 3.00 bits per heavy atom. The largest absolute Gasteiger partial charge is 0.399 e. The number of hydrogen-bond acceptors (Lipinski definition) is 5. The van der Waals surface area contributed by atoms with Crippen LogP contribution in [0.4, 0.5) is 5.69 Å². The van der Waals surface area contributed by atoms with Gasteiger partial charge in [0.1, 0.15) is 11.4 Å². The summed E-state index contributed by atoms with van der Waals surface area (Å²) in [5.41, 5.74) is 7.22. The molecule has 1 unspecified atom stereocenters. The maximum atomic E-state index is 9.03. The van der Waals surface area contributed by atoms with Gasteiger partial charge in [-0.1, -0.05) is 6.92 Å². The SMILES string of the molecule is CC(CO)Sc1ncnc2cc(N)ccc12. The van der Waals surface area contributed by atoms with Gasteiger partial charge in [-0.2, -0.15) is 0 Å². The first-order valence-corrected chi connectivity index (χ1v) is 5.86. The number of rotatable bonds is 3. The van der Waals surface area contributed by atoms with Crippen molar-refractivity contribution < 1.29 is 5.11 Å². The normalized spacial score (nSPS) is 12.9. The third-order valence-electron chi connectivity index (χ3n) is 2.19. The van der Waals surface area contributed by atoms with Crippen molar-refractivity contribution in [3.8, 4) is 0 Å². The fourth-order valence-corrected chi connectivity index (χ4v) is 2.23. The molecule has 1 heterocycles. The Balaban J connectivity index is 2.45. The molecule has 0 saturated carbocycles. The van der Waals surface area contributed by atoms with Crippen LogP contribution in [0.25, 0.3) is 10.9 Å². The molecule has 2 aromatic rings. The lowest BCUT2D eigenvalue weighted by Crippen LogP contribution is -2.02. The summed E-state index contributed by atoms with van der Waals surface area (Å²) in [7, 11) is 0. The Morgan fingerprint density at radius 1 is 1.44 bits per heavy atom. The molecule has 0 saturated heterocycles. The maximum absolute atomic E-state index is 9.03. The van der Waals surface area contributed by atoms with Crippen LogP contribution >= 0.6 is 11.8 Å². The lowest BCUT2D eigenvalue weighted by molar-refractivity contribution is 0.300. The first kappa shape index (κ1) is 11.2. The Bertz CT molecular complexity index is 504. The fraction of sp³-hybridized carbons (Fsp3) is 0.273. The number of fused-ring (bicyclic) bond motifs is 1. The number of benzene rings is 1. The van der Waals surface area contributed by atoms with Gasteiger partial charge in [-0.25, -0.2) is 9.97 Å². The number of thioether (sulfide) groups is 1. The van der Waals surface area contributed by atoms with Gasteiger partial charge in [0.05, 0.1) is 12.1 Å². The van der Waals surface area contributed by atoms with Gasteiger partial charge in [-0.15, -0.1) is 11.8 Å². The molecule has 0 radical (unpaired) electrons. The van der Waals surface area contributed by atoms with Crippen molar-refractivity contribution in [2.24, 2.45) is 0 Å². The summed E-state index contributed by atoms with van der Waals surface area (Å²) in [5.74, 6) is 0. The predicted molar refractivity (Wildman–Crippen MR) is 66.4 cm³/mol. The fourth-order valence-electron chi connectivity index (χ4n) is 1.37. The van der Waals surface area contributed by atoms with E-state index in [0.29, 0.717) is 5.69 Å². The summed E-state index contributed by atoms with van der Waals surface area (Å²) in [4.78, 5) is 8.39. The highest BCUT2D eigenvalue weighted by Gasteiger charge is 2.08. The molecule has 1 aromatic heterocycles. The minimum Gasteiger partial charge on any atom is -0.399 e. The highest BCUT2D eigenvalue weighted by Crippen LogP contribution is 2.28. The Kier molecular flexibility index (Phi) is 3.26. The van der Waals surface area contributed by atoms with Crippen LogP contribution in [0.1, 0.15) is 6.92 Å². The standard InChI is InChI=1S/C11H13N3OS/c1-7(5-15)16-11-9-3-2-8(12)4-10(9)13-6-14-11/h2-4,6-7,15H,5,12H2,1H3. The summed E-state index contributed by atoms with van der Waals surface area (Å²) in [6.07, 6.45) is 1.52. The molecule has 0 aliphatic heterocycles. The zero-order valence-corrected chi connectivity index (χ0v) is 9.74. The van der Waals surface area contributed by atoms with Crippen molar-refractivity contribution >= 4 is 28.4 Å². The lowest BCUT2D eigenvalue weighted by Gasteiger charge is -2.08. The molecule has 5 heteroatoms. The molecule has 3 N–H and O–H groups in total. The van der Waals surface area contributed by atoms with Gasteiger partial charge >= 0.3 is 0 Å². The highest BCUT2D eigenvalue weighted by molar-refractivity contribution is 8.00. The number of aromatic nitrogens is 2. The van der Waals surface area contributed by atoms with Gasteiger partial charge in [-0.3, -0.25) is 0 Å². The molecule has 0 aliphatic rings. The number of aliphatic hydroxyl groups excluding tert-OH is 1. The second-order valence-electron chi connectivity index (χ2n) is 3.57. The van der Waals surface area contributed by atoms with Gasteiger partial charge in [0.25, 0.3) is 0 Å². The molecular weight excluding hydrogens is 222 g/mol. The molecule has 84 valence electrons. The molecule has 0 bridgehead atoms. The van der Waals surface area contributed by atoms with Gasteiger partial charge in [0, 0.05) is 16.3 Å². The Labute approximate surface area is 97.9 Å². The Hall–Kier alpha value is -1.33. The van der Waals surface area contributed by atoms with Gasteiger partial charge < -0.3 is 10.8 Å². The second kappa shape index (κ2) is 4.67. The van der Waals surface area contributed by atoms with E-state index in [9.17, 15) is 0 Å². The summed E-state index contributed by atoms with van der Waals surface area (Å²) in [5, 5.41) is 11.0. The van der Waals surface area contributed by atoms with Gasteiger partial charge in [-0.05, 0) is 18.2 Å². The van der Waals surface area contributed by atoms with Crippen LogP contribution in [0, 0.1) is 0 Å². The van der Waals surface area contributed by atoms with Crippen LogP contribution in [0.5, 0.6) is 0 Å². The van der Waals surface area contributed by atoms with E-state index in [2.05, 4.69) is 9.97 Å². The van der Waals surface area contributed by atoms with Crippen molar-refractivity contribution in [2.75, 3.05) is 12.3 Å². The van der Waals surface area contributed by atoms with Crippen LogP contribution in [0.2, 0.25) is 0 Å². The van der Waals surface area contributed by atoms with E-state index in [1.165, 1.54) is 18.1 Å². The lowest BCUT2D eigenvalue weighted by atomic mass is 10.2. The van der Waals surface area contributed by atoms with Crippen LogP contribution in [0.15, 0.2) is 29.6 Å². The summed E-state index contributed by atoms with van der Waals surface area (Å²) < 4.78 is 0. The second-order valence-corrected chi connectivity index (χ2v) is 4.99. The molecule has 2 rings (SSSR count). The molecular formula is C11H13N3OS. The summed E-state index contributed by atoms with van der Waals surface area (Å²) in [6, 6.07) is 5.57. The first-order valence-electron chi connectivity index (χ1n) is 4.98. The smallest absolute Gasteiger partial charge is 0.117 e. The molecule has 0 aliphatic carbocycles. The van der Waals surface area contributed by atoms with Crippen molar-refractivity contribution in [1.29, 1.82) is 0 Å². The maximum Gasteiger partial charge on any atom is 0.117 e. The van der Waals surface area contributed by atoms with E-state index in [1.807, 2.05) is 25.1 Å². The number of nitrogen functional groups attached to an aromatic ring is 1. The molecule has 0 amide bonds. The monoisotopic (exact) mass is 235 g/mol. The molecule has 4 nitrogen and oxygen atoms in total. The van der Waals surface area contributed by atoms with Crippen LogP contribution in [0.3, 0.4) is 0 Å². The summed E-state index contributed by atoms with van der Waals surface area (Å²) >= 11 is 1.54. The minimum atomic E-state index is 0.121. The van der Waals surface area contributed by atoms with Crippen molar-refractivity contribution in [3.05, 3.63) is 24.5 Å². The van der Waals surface area contributed by atoms with Crippen molar-refractivity contribution in [1.82, 2.24) is 9.97 Å². The third-order valence-corrected chi connectivity index (χ3v) is 3.29. The minimum absolute atomic E-state index is 0.121. The number of aliphatic hydroxyl groups is 1. The summed E-state index contributed by atoms with van der Waals surface area (Å²) in [6.45, 7) is 2.08. The van der Waals surface area contributed by atoms with E-state index in [-0.39, 0.29) is 11.9 Å². The number of nitrogens with zero attached hydrogens (tertiary/aromatic N) is 2. The van der Waals surface area contributed by atoms with E-state index in [0.717, 1.165) is 15.9 Å². The van der Waals surface area contributed by atoms with Gasteiger partial charge in [0.15, 0.2) is 0 Å². The van der Waals surface area contributed by atoms with Crippen LogP contribution < -0.4 is 5.73 Å². The van der Waals surface area contributed by atoms with Crippen LogP contribution in [-0.4, -0.2) is 26.9 Å². The van der Waals surface area contributed by atoms with E-state index in [1.54, 1.807) is 0 Å². The van der Waals surface area contributed by atoms with E-state index >= 15 is 0 Å². The quantitative estimate of drug-likeness (QED) is 0.481. The van der Waals surface area contributed by atoms with E-state index < -0.39 is 0 Å². The molecule has 1 atom stereocenters. The number of hydrogen-bond donors (Lipinski definition) is 2. The zero-order valence-electron chi connectivity index (χ0n) is 8.92. The van der Waals surface area contributed by atoms with Crippen molar-refractivity contribution in [2.45, 2.75) is 17.2 Å². The van der Waals surface area contributed by atoms with Crippen LogP contribution in [-0.2, 0) is 0 Å². The molecule has 1 aromatic carbocycles. The Morgan fingerprint density at radius 2 is 2.25 bits per heavy atom. The number of nitrogens with two attached hydrogens (primary N) is 1. The molecule has 16 heavy (non-hydrogen) atoms. The zero-order chi connectivity index (χ0) is 11.5. The van der Waals surface area contributed by atoms with Crippen molar-refractivity contribution in [3.63, 3.8) is 0 Å². The average Bonchev–Trinajstić information content (AvgIpc) is 2.28. The number of anilines is 1. The molecule has 0 fully saturated rings. The highest BCUT2D eigenvalue weighted by atomic mass is 32.2. The first-order chi connectivity index (χ1) is 7.70. The average molecular weight is 235 g/mol.